The van der Waals surface area contributed by atoms with E-state index in [4.69, 9.17) is 11.6 Å². The van der Waals surface area contributed by atoms with Crippen LogP contribution in [0.4, 0.5) is 0 Å². The lowest BCUT2D eigenvalue weighted by Crippen LogP contribution is -2.28. The maximum atomic E-state index is 10.2. The van der Waals surface area contributed by atoms with E-state index in [0.717, 1.165) is 24.3 Å². The lowest BCUT2D eigenvalue weighted by Gasteiger charge is -2.25. The lowest BCUT2D eigenvalue weighted by atomic mass is 9.85. The Labute approximate surface area is 102 Å². The highest BCUT2D eigenvalue weighted by atomic mass is 35.5. The molecule has 2 atom stereocenters. The molecule has 1 aromatic carbocycles. The highest BCUT2D eigenvalue weighted by Crippen LogP contribution is 2.42. The first-order valence-corrected chi connectivity index (χ1v) is 6.29. The van der Waals surface area contributed by atoms with Gasteiger partial charge in [-0.05, 0) is 48.3 Å². The van der Waals surface area contributed by atoms with Crippen molar-refractivity contribution in [3.05, 3.63) is 34.9 Å². The average Bonchev–Trinajstić information content (AvgIpc) is 2.49. The molecule has 0 radical (unpaired) electrons. The molecule has 2 heteroatoms. The standard InChI is InChI=1S/C14H19ClO/c1-14(2)8-7-11(13(14)16)9-10-3-5-12(15)6-4-10/h3-6,11,13,16H,7-9H2,1-2H3/t11?,13-/m0/s1. The van der Waals surface area contributed by atoms with Gasteiger partial charge in [0, 0.05) is 5.02 Å². The van der Waals surface area contributed by atoms with Crippen molar-refractivity contribution in [1.29, 1.82) is 0 Å². The zero-order valence-corrected chi connectivity index (χ0v) is 10.7. The molecule has 1 aliphatic rings. The Morgan fingerprint density at radius 3 is 2.44 bits per heavy atom. The normalized spacial score (nSPS) is 28.2. The van der Waals surface area contributed by atoms with Crippen LogP contribution in [0.5, 0.6) is 0 Å². The van der Waals surface area contributed by atoms with Gasteiger partial charge in [0.2, 0.25) is 0 Å². The lowest BCUT2D eigenvalue weighted by molar-refractivity contribution is 0.0462. The third-order valence-electron chi connectivity index (χ3n) is 3.82. The second kappa shape index (κ2) is 4.38. The van der Waals surface area contributed by atoms with E-state index in [9.17, 15) is 5.11 Å². The molecule has 88 valence electrons. The van der Waals surface area contributed by atoms with Crippen molar-refractivity contribution in [3.63, 3.8) is 0 Å². The zero-order chi connectivity index (χ0) is 11.8. The predicted molar refractivity (Wildman–Crippen MR) is 67.7 cm³/mol. The fourth-order valence-electron chi connectivity index (χ4n) is 2.64. The Hall–Kier alpha value is -0.530. The summed E-state index contributed by atoms with van der Waals surface area (Å²) in [5.41, 5.74) is 1.35. The summed E-state index contributed by atoms with van der Waals surface area (Å²) in [6.07, 6.45) is 3.02. The van der Waals surface area contributed by atoms with Gasteiger partial charge in [-0.3, -0.25) is 0 Å². The van der Waals surface area contributed by atoms with Crippen LogP contribution in [0.15, 0.2) is 24.3 Å². The molecular formula is C14H19ClO. The van der Waals surface area contributed by atoms with Crippen LogP contribution in [-0.2, 0) is 6.42 Å². The third kappa shape index (κ3) is 2.41. The number of hydrogen-bond acceptors (Lipinski definition) is 1. The third-order valence-corrected chi connectivity index (χ3v) is 4.07. The SMILES string of the molecule is CC1(C)CCC(Cc2ccc(Cl)cc2)[C@@H]1O. The molecular weight excluding hydrogens is 220 g/mol. The molecule has 1 fully saturated rings. The van der Waals surface area contributed by atoms with E-state index in [1.165, 1.54) is 5.56 Å². The molecule has 2 rings (SSSR count). The quantitative estimate of drug-likeness (QED) is 0.834. The van der Waals surface area contributed by atoms with E-state index in [1.807, 2.05) is 12.1 Å². The van der Waals surface area contributed by atoms with E-state index in [2.05, 4.69) is 26.0 Å². The fourth-order valence-corrected chi connectivity index (χ4v) is 2.76. The first-order chi connectivity index (χ1) is 7.49. The van der Waals surface area contributed by atoms with Gasteiger partial charge in [0.05, 0.1) is 6.10 Å². The molecule has 0 amide bonds. The van der Waals surface area contributed by atoms with Crippen molar-refractivity contribution in [2.24, 2.45) is 11.3 Å². The Balaban J connectivity index is 2.04. The maximum Gasteiger partial charge on any atom is 0.0622 e. The van der Waals surface area contributed by atoms with Crippen molar-refractivity contribution >= 4 is 11.6 Å². The molecule has 0 heterocycles. The van der Waals surface area contributed by atoms with Gasteiger partial charge in [-0.2, -0.15) is 0 Å². The van der Waals surface area contributed by atoms with Crippen LogP contribution in [0.25, 0.3) is 0 Å². The van der Waals surface area contributed by atoms with E-state index >= 15 is 0 Å². The molecule has 1 N–H and O–H groups in total. The van der Waals surface area contributed by atoms with E-state index in [-0.39, 0.29) is 11.5 Å². The van der Waals surface area contributed by atoms with Crippen LogP contribution in [0, 0.1) is 11.3 Å². The predicted octanol–water partition coefficient (Wildman–Crippen LogP) is 3.68. The van der Waals surface area contributed by atoms with Gasteiger partial charge in [0.15, 0.2) is 0 Å². The van der Waals surface area contributed by atoms with Crippen LogP contribution in [0.2, 0.25) is 5.02 Å². The van der Waals surface area contributed by atoms with E-state index < -0.39 is 0 Å². The van der Waals surface area contributed by atoms with Crippen molar-refractivity contribution in [3.8, 4) is 0 Å². The Morgan fingerprint density at radius 1 is 1.31 bits per heavy atom. The molecule has 1 aliphatic carbocycles. The van der Waals surface area contributed by atoms with Crippen LogP contribution in [-0.4, -0.2) is 11.2 Å². The van der Waals surface area contributed by atoms with Crippen LogP contribution in [0.3, 0.4) is 0 Å². The number of aliphatic hydroxyl groups excluding tert-OH is 1. The molecule has 1 nitrogen and oxygen atoms in total. The van der Waals surface area contributed by atoms with Gasteiger partial charge in [0.1, 0.15) is 0 Å². The van der Waals surface area contributed by atoms with Gasteiger partial charge in [-0.1, -0.05) is 37.6 Å². The van der Waals surface area contributed by atoms with Crippen molar-refractivity contribution in [1.82, 2.24) is 0 Å². The first-order valence-electron chi connectivity index (χ1n) is 5.91. The number of halogens is 1. The summed E-state index contributed by atoms with van der Waals surface area (Å²) < 4.78 is 0. The van der Waals surface area contributed by atoms with Gasteiger partial charge in [0.25, 0.3) is 0 Å². The van der Waals surface area contributed by atoms with Crippen LogP contribution >= 0.6 is 11.6 Å². The van der Waals surface area contributed by atoms with Gasteiger partial charge in [-0.25, -0.2) is 0 Å². The van der Waals surface area contributed by atoms with Gasteiger partial charge >= 0.3 is 0 Å². The topological polar surface area (TPSA) is 20.2 Å². The van der Waals surface area contributed by atoms with Crippen LogP contribution in [0.1, 0.15) is 32.3 Å². The summed E-state index contributed by atoms with van der Waals surface area (Å²) in [7, 11) is 0. The second-order valence-electron chi connectivity index (χ2n) is 5.56. The largest absolute Gasteiger partial charge is 0.392 e. The van der Waals surface area contributed by atoms with Crippen LogP contribution < -0.4 is 0 Å². The monoisotopic (exact) mass is 238 g/mol. The minimum absolute atomic E-state index is 0.0804. The molecule has 1 unspecified atom stereocenters. The second-order valence-corrected chi connectivity index (χ2v) is 6.00. The van der Waals surface area contributed by atoms with E-state index in [0.29, 0.717) is 5.92 Å². The number of hydrogen-bond donors (Lipinski definition) is 1. The highest BCUT2D eigenvalue weighted by molar-refractivity contribution is 6.30. The molecule has 0 bridgehead atoms. The minimum atomic E-state index is -0.178. The molecule has 16 heavy (non-hydrogen) atoms. The summed E-state index contributed by atoms with van der Waals surface area (Å²) in [6.45, 7) is 4.30. The smallest absolute Gasteiger partial charge is 0.0622 e. The average molecular weight is 239 g/mol. The summed E-state index contributed by atoms with van der Waals surface area (Å²) in [4.78, 5) is 0. The molecule has 0 aromatic heterocycles. The fraction of sp³-hybridized carbons (Fsp3) is 0.571. The number of benzene rings is 1. The summed E-state index contributed by atoms with van der Waals surface area (Å²) in [5, 5.41) is 11.0. The number of aliphatic hydroxyl groups is 1. The van der Waals surface area contributed by atoms with Crippen molar-refractivity contribution in [2.45, 2.75) is 39.2 Å². The number of rotatable bonds is 2. The highest BCUT2D eigenvalue weighted by Gasteiger charge is 2.40. The molecule has 1 aromatic rings. The molecule has 0 spiro atoms. The van der Waals surface area contributed by atoms with Gasteiger partial charge < -0.3 is 5.11 Å². The summed E-state index contributed by atoms with van der Waals surface area (Å²) >= 11 is 5.85. The Bertz CT molecular complexity index is 356. The molecule has 1 saturated carbocycles. The Kier molecular flexibility index (Phi) is 3.27. The van der Waals surface area contributed by atoms with Crippen molar-refractivity contribution < 1.29 is 5.11 Å². The van der Waals surface area contributed by atoms with Gasteiger partial charge in [-0.15, -0.1) is 0 Å². The zero-order valence-electron chi connectivity index (χ0n) is 9.91. The summed E-state index contributed by atoms with van der Waals surface area (Å²) in [6, 6.07) is 7.95. The Morgan fingerprint density at radius 2 is 1.94 bits per heavy atom. The first kappa shape index (κ1) is 11.9. The maximum absolute atomic E-state index is 10.2. The molecule has 0 aliphatic heterocycles. The summed E-state index contributed by atoms with van der Waals surface area (Å²) in [5.74, 6) is 0.399. The minimum Gasteiger partial charge on any atom is -0.392 e. The molecule has 0 saturated heterocycles. The van der Waals surface area contributed by atoms with Crippen molar-refractivity contribution in [2.75, 3.05) is 0 Å². The van der Waals surface area contributed by atoms with E-state index in [1.54, 1.807) is 0 Å².